The number of carbonyl (C=O) groups excluding carboxylic acids is 2. The van der Waals surface area contributed by atoms with E-state index in [1.54, 1.807) is 0 Å². The van der Waals surface area contributed by atoms with Crippen LogP contribution in [0.3, 0.4) is 0 Å². The Morgan fingerprint density at radius 1 is 1.00 bits per heavy atom. The van der Waals surface area contributed by atoms with Gasteiger partial charge in [-0.05, 0) is 19.3 Å². The number of carbonyl (C=O) groups is 2. The fourth-order valence-corrected chi connectivity index (χ4v) is 2.03. The molecule has 2 heteroatoms. The van der Waals surface area contributed by atoms with Gasteiger partial charge in [0.1, 0.15) is 11.6 Å². The van der Waals surface area contributed by atoms with E-state index >= 15 is 0 Å². The molecule has 0 saturated heterocycles. The van der Waals surface area contributed by atoms with Crippen LogP contribution in [0.4, 0.5) is 0 Å². The minimum absolute atomic E-state index is 0.193. The van der Waals surface area contributed by atoms with E-state index in [4.69, 9.17) is 0 Å². The molecule has 2 atom stereocenters. The molecule has 0 amide bonds. The highest BCUT2D eigenvalue weighted by atomic mass is 16.2. The summed E-state index contributed by atoms with van der Waals surface area (Å²) in [6, 6.07) is 0. The molecule has 2 rings (SSSR count). The molecular formula is C8H10O2. The summed E-state index contributed by atoms with van der Waals surface area (Å²) in [4.78, 5) is 22.1. The van der Waals surface area contributed by atoms with Gasteiger partial charge in [0.2, 0.25) is 0 Å². The van der Waals surface area contributed by atoms with Crippen LogP contribution in [0, 0.1) is 11.8 Å². The monoisotopic (exact) mass is 138 g/mol. The van der Waals surface area contributed by atoms with Crippen molar-refractivity contribution in [1.82, 2.24) is 0 Å². The van der Waals surface area contributed by atoms with Crippen molar-refractivity contribution in [1.29, 1.82) is 0 Å². The van der Waals surface area contributed by atoms with Gasteiger partial charge in [0.05, 0.1) is 6.42 Å². The molecule has 2 aliphatic rings. The van der Waals surface area contributed by atoms with Gasteiger partial charge in [-0.2, -0.15) is 0 Å². The highest BCUT2D eigenvalue weighted by molar-refractivity contribution is 6.04. The summed E-state index contributed by atoms with van der Waals surface area (Å²) in [7, 11) is 0. The van der Waals surface area contributed by atoms with Crippen LogP contribution < -0.4 is 0 Å². The van der Waals surface area contributed by atoms with Crippen molar-refractivity contribution in [2.24, 2.45) is 11.8 Å². The lowest BCUT2D eigenvalue weighted by atomic mass is 9.87. The third-order valence-electron chi connectivity index (χ3n) is 2.69. The van der Waals surface area contributed by atoms with Crippen LogP contribution in [0.25, 0.3) is 0 Å². The van der Waals surface area contributed by atoms with Gasteiger partial charge >= 0.3 is 0 Å². The van der Waals surface area contributed by atoms with Crippen molar-refractivity contribution < 1.29 is 9.59 Å². The van der Waals surface area contributed by atoms with Gasteiger partial charge in [-0.25, -0.2) is 0 Å². The molecule has 0 aromatic heterocycles. The number of hydrogen-bond acceptors (Lipinski definition) is 2. The molecule has 0 aromatic carbocycles. The first-order chi connectivity index (χ1) is 4.77. The number of Topliss-reactive ketones (excluding diaryl/α,β-unsaturated/α-hetero) is 2. The summed E-state index contributed by atoms with van der Waals surface area (Å²) in [5, 5.41) is 0. The van der Waals surface area contributed by atoms with E-state index in [-0.39, 0.29) is 29.8 Å². The Labute approximate surface area is 59.6 Å². The first kappa shape index (κ1) is 6.08. The fourth-order valence-electron chi connectivity index (χ4n) is 2.03. The van der Waals surface area contributed by atoms with Crippen LogP contribution in [0.5, 0.6) is 0 Å². The van der Waals surface area contributed by atoms with E-state index in [0.717, 1.165) is 19.3 Å². The predicted molar refractivity (Wildman–Crippen MR) is 35.5 cm³/mol. The second-order valence-electron chi connectivity index (χ2n) is 3.32. The van der Waals surface area contributed by atoms with Gasteiger partial charge in [-0.15, -0.1) is 0 Å². The zero-order chi connectivity index (χ0) is 7.14. The summed E-state index contributed by atoms with van der Waals surface area (Å²) < 4.78 is 0. The topological polar surface area (TPSA) is 34.1 Å². The van der Waals surface area contributed by atoms with Crippen LogP contribution in [-0.2, 0) is 9.59 Å². The van der Waals surface area contributed by atoms with Crippen molar-refractivity contribution in [3.63, 3.8) is 0 Å². The van der Waals surface area contributed by atoms with Gasteiger partial charge in [0.25, 0.3) is 0 Å². The zero-order valence-corrected chi connectivity index (χ0v) is 5.80. The maximum atomic E-state index is 11.0. The third-order valence-corrected chi connectivity index (χ3v) is 2.69. The molecule has 0 N–H and O–H groups in total. The molecule has 2 bridgehead atoms. The minimum atomic E-state index is 0.193. The summed E-state index contributed by atoms with van der Waals surface area (Å²) in [5.41, 5.74) is 0. The molecule has 0 aromatic rings. The van der Waals surface area contributed by atoms with Crippen molar-refractivity contribution in [2.45, 2.75) is 25.7 Å². The standard InChI is InChI=1S/C8H10O2/c9-7-4-8(10)6-2-1-5(7)3-6/h5-6H,1-4H2/t5-,6+. The van der Waals surface area contributed by atoms with E-state index in [1.807, 2.05) is 0 Å². The van der Waals surface area contributed by atoms with E-state index in [0.29, 0.717) is 0 Å². The quantitative estimate of drug-likeness (QED) is 0.467. The van der Waals surface area contributed by atoms with Crippen LogP contribution in [0.15, 0.2) is 0 Å². The first-order valence-electron chi connectivity index (χ1n) is 3.83. The van der Waals surface area contributed by atoms with Crippen LogP contribution in [0.1, 0.15) is 25.7 Å². The first-order valence-corrected chi connectivity index (χ1v) is 3.83. The molecule has 0 heterocycles. The number of rotatable bonds is 0. The minimum Gasteiger partial charge on any atom is -0.299 e. The maximum Gasteiger partial charge on any atom is 0.143 e. The second-order valence-corrected chi connectivity index (χ2v) is 3.32. The zero-order valence-electron chi connectivity index (χ0n) is 5.80. The van der Waals surface area contributed by atoms with Gasteiger partial charge in [0.15, 0.2) is 0 Å². The largest absolute Gasteiger partial charge is 0.299 e. The fraction of sp³-hybridized carbons (Fsp3) is 0.750. The summed E-state index contributed by atoms with van der Waals surface area (Å²) in [6.07, 6.45) is 3.03. The molecule has 0 aliphatic heterocycles. The third kappa shape index (κ3) is 0.713. The molecule has 54 valence electrons. The molecule has 2 saturated carbocycles. The van der Waals surface area contributed by atoms with Crippen LogP contribution in [-0.4, -0.2) is 11.6 Å². The summed E-state index contributed by atoms with van der Waals surface area (Å²) in [5.74, 6) is 0.892. The molecule has 2 nitrogen and oxygen atoms in total. The van der Waals surface area contributed by atoms with E-state index in [2.05, 4.69) is 0 Å². The molecule has 2 aliphatic carbocycles. The Morgan fingerprint density at radius 3 is 2.00 bits per heavy atom. The maximum absolute atomic E-state index is 11.0. The SMILES string of the molecule is O=C1CC(=O)[C@H]2CC[C@@H]1C2. The van der Waals surface area contributed by atoms with Crippen molar-refractivity contribution >= 4 is 11.6 Å². The van der Waals surface area contributed by atoms with E-state index in [9.17, 15) is 9.59 Å². The van der Waals surface area contributed by atoms with Gasteiger partial charge in [-0.1, -0.05) is 0 Å². The van der Waals surface area contributed by atoms with Gasteiger partial charge in [-0.3, -0.25) is 9.59 Å². The highest BCUT2D eigenvalue weighted by Crippen LogP contribution is 2.37. The number of ketones is 2. The Hall–Kier alpha value is -0.660. The highest BCUT2D eigenvalue weighted by Gasteiger charge is 2.39. The summed E-state index contributed by atoms with van der Waals surface area (Å²) >= 11 is 0. The predicted octanol–water partition coefficient (Wildman–Crippen LogP) is 0.945. The van der Waals surface area contributed by atoms with Crippen molar-refractivity contribution in [3.05, 3.63) is 0 Å². The lowest BCUT2D eigenvalue weighted by Crippen LogP contribution is -2.25. The lowest BCUT2D eigenvalue weighted by Gasteiger charge is -2.15. The van der Waals surface area contributed by atoms with Crippen molar-refractivity contribution in [3.8, 4) is 0 Å². The molecular weight excluding hydrogens is 128 g/mol. The van der Waals surface area contributed by atoms with Crippen LogP contribution >= 0.6 is 0 Å². The normalized spacial score (nSPS) is 38.8. The molecule has 0 radical (unpaired) electrons. The van der Waals surface area contributed by atoms with E-state index in [1.165, 1.54) is 0 Å². The Kier molecular flexibility index (Phi) is 1.16. The average Bonchev–Trinajstić information content (AvgIpc) is 2.28. The number of fused-ring (bicyclic) bond motifs is 2. The lowest BCUT2D eigenvalue weighted by molar-refractivity contribution is -0.133. The molecule has 0 spiro atoms. The second kappa shape index (κ2) is 1.91. The molecule has 10 heavy (non-hydrogen) atoms. The van der Waals surface area contributed by atoms with Crippen LogP contribution in [0.2, 0.25) is 0 Å². The Morgan fingerprint density at radius 2 is 1.50 bits per heavy atom. The number of hydrogen-bond donors (Lipinski definition) is 0. The smallest absolute Gasteiger partial charge is 0.143 e. The Balaban J connectivity index is 2.24. The van der Waals surface area contributed by atoms with Crippen molar-refractivity contribution in [2.75, 3.05) is 0 Å². The summed E-state index contributed by atoms with van der Waals surface area (Å²) in [6.45, 7) is 0. The molecule has 2 fully saturated rings. The van der Waals surface area contributed by atoms with Gasteiger partial charge in [0, 0.05) is 11.8 Å². The Bertz CT molecular complexity index is 175. The van der Waals surface area contributed by atoms with E-state index < -0.39 is 0 Å². The average molecular weight is 138 g/mol. The molecule has 0 unspecified atom stereocenters. The van der Waals surface area contributed by atoms with Gasteiger partial charge < -0.3 is 0 Å².